The Morgan fingerprint density at radius 2 is 1.45 bits per heavy atom. The molecule has 29 heavy (non-hydrogen) atoms. The van der Waals surface area contributed by atoms with Gasteiger partial charge in [-0.2, -0.15) is 0 Å². The van der Waals surface area contributed by atoms with Crippen molar-refractivity contribution in [3.63, 3.8) is 0 Å². The number of rotatable bonds is 8. The second-order valence-corrected chi connectivity index (χ2v) is 6.05. The molecule has 0 unspecified atom stereocenters. The van der Waals surface area contributed by atoms with E-state index in [1.807, 2.05) is 0 Å². The molecule has 0 bridgehead atoms. The number of ether oxygens (including phenoxy) is 1. The van der Waals surface area contributed by atoms with Gasteiger partial charge in [-0.1, -0.05) is 12.1 Å². The number of esters is 1. The molecule has 0 aliphatic rings. The third-order valence-electron chi connectivity index (χ3n) is 3.56. The summed E-state index contributed by atoms with van der Waals surface area (Å²) in [5.41, 5.74) is 1.65. The van der Waals surface area contributed by atoms with Crippen LogP contribution in [0.1, 0.15) is 12.5 Å². The number of anilines is 2. The molecule has 152 valence electrons. The van der Waals surface area contributed by atoms with Crippen LogP contribution in [0.3, 0.4) is 0 Å². The van der Waals surface area contributed by atoms with E-state index >= 15 is 0 Å². The molecule has 0 spiro atoms. The lowest BCUT2D eigenvalue weighted by Gasteiger charge is -2.08. The first kappa shape index (κ1) is 21.5. The van der Waals surface area contributed by atoms with Gasteiger partial charge in [-0.15, -0.1) is 0 Å². The van der Waals surface area contributed by atoms with Gasteiger partial charge in [-0.3, -0.25) is 19.2 Å². The van der Waals surface area contributed by atoms with Crippen LogP contribution in [-0.4, -0.2) is 36.8 Å². The molecule has 0 atom stereocenters. The van der Waals surface area contributed by atoms with E-state index in [0.29, 0.717) is 16.9 Å². The molecule has 0 aliphatic heterocycles. The molecule has 3 amide bonds. The maximum absolute atomic E-state index is 12.8. The van der Waals surface area contributed by atoms with Crippen LogP contribution in [0.5, 0.6) is 0 Å². The summed E-state index contributed by atoms with van der Waals surface area (Å²) in [6.45, 7) is 0.549. The van der Waals surface area contributed by atoms with Crippen molar-refractivity contribution in [3.05, 3.63) is 59.9 Å². The minimum atomic E-state index is -0.631. The Hall–Kier alpha value is -3.75. The molecule has 2 aromatic rings. The first-order valence-electron chi connectivity index (χ1n) is 8.66. The second kappa shape index (κ2) is 10.5. The summed E-state index contributed by atoms with van der Waals surface area (Å²) in [6, 6.07) is 11.8. The molecule has 0 radical (unpaired) electrons. The van der Waals surface area contributed by atoms with Crippen LogP contribution in [0, 0.1) is 5.82 Å². The van der Waals surface area contributed by atoms with Gasteiger partial charge in [0.15, 0.2) is 6.61 Å². The number of carbonyl (C=O) groups excluding carboxylic acids is 4. The van der Waals surface area contributed by atoms with Gasteiger partial charge in [-0.05, 0) is 42.0 Å². The topological polar surface area (TPSA) is 114 Å². The number of carbonyl (C=O) groups is 4. The fraction of sp³-hybridized carbons (Fsp3) is 0.200. The van der Waals surface area contributed by atoms with Gasteiger partial charge in [0.05, 0.1) is 13.0 Å². The largest absolute Gasteiger partial charge is 0.455 e. The highest BCUT2D eigenvalue weighted by Crippen LogP contribution is 2.10. The fourth-order valence-electron chi connectivity index (χ4n) is 2.24. The van der Waals surface area contributed by atoms with Crippen LogP contribution in [0.4, 0.5) is 15.8 Å². The minimum absolute atomic E-state index is 0.0430. The Morgan fingerprint density at radius 1 is 0.862 bits per heavy atom. The van der Waals surface area contributed by atoms with E-state index in [-0.39, 0.29) is 18.9 Å². The summed E-state index contributed by atoms with van der Waals surface area (Å²) in [7, 11) is 0. The zero-order valence-electron chi connectivity index (χ0n) is 15.7. The smallest absolute Gasteiger partial charge is 0.310 e. The standard InChI is InChI=1S/C20H20FN3O5/c1-13(25)23-16-6-2-14(3-7-16)10-20(28)29-12-19(27)22-11-18(26)24-17-8-4-15(21)5-9-17/h2-9H,10-12H2,1H3,(H,22,27)(H,23,25)(H,24,26). The molecule has 8 nitrogen and oxygen atoms in total. The van der Waals surface area contributed by atoms with E-state index in [2.05, 4.69) is 16.0 Å². The Bertz CT molecular complexity index is 882. The molecule has 9 heteroatoms. The molecule has 0 aromatic heterocycles. The summed E-state index contributed by atoms with van der Waals surface area (Å²) < 4.78 is 17.7. The van der Waals surface area contributed by atoms with Gasteiger partial charge in [-0.25, -0.2) is 4.39 Å². The monoisotopic (exact) mass is 401 g/mol. The highest BCUT2D eigenvalue weighted by Gasteiger charge is 2.10. The van der Waals surface area contributed by atoms with Crippen molar-refractivity contribution >= 4 is 35.1 Å². The maximum atomic E-state index is 12.8. The highest BCUT2D eigenvalue weighted by atomic mass is 19.1. The fourth-order valence-corrected chi connectivity index (χ4v) is 2.24. The number of nitrogens with one attached hydrogen (secondary N) is 3. The van der Waals surface area contributed by atoms with Crippen molar-refractivity contribution < 1.29 is 28.3 Å². The average Bonchev–Trinajstić information content (AvgIpc) is 2.68. The Labute approximate surface area is 166 Å². The van der Waals surface area contributed by atoms with E-state index < -0.39 is 30.2 Å². The summed E-state index contributed by atoms with van der Waals surface area (Å²) in [5, 5.41) is 7.41. The van der Waals surface area contributed by atoms with Gasteiger partial charge in [0.2, 0.25) is 11.8 Å². The van der Waals surface area contributed by atoms with Crippen molar-refractivity contribution in [2.45, 2.75) is 13.3 Å². The Balaban J connectivity index is 1.67. The van der Waals surface area contributed by atoms with E-state index in [1.54, 1.807) is 24.3 Å². The van der Waals surface area contributed by atoms with Crippen LogP contribution in [0.15, 0.2) is 48.5 Å². The third kappa shape index (κ3) is 8.21. The molecular weight excluding hydrogens is 381 g/mol. The Kier molecular flexibility index (Phi) is 7.84. The number of hydrogen-bond acceptors (Lipinski definition) is 5. The predicted octanol–water partition coefficient (Wildman–Crippen LogP) is 1.62. The van der Waals surface area contributed by atoms with Gasteiger partial charge < -0.3 is 20.7 Å². The van der Waals surface area contributed by atoms with E-state index in [9.17, 15) is 23.6 Å². The van der Waals surface area contributed by atoms with Gasteiger partial charge in [0.25, 0.3) is 5.91 Å². The average molecular weight is 401 g/mol. The van der Waals surface area contributed by atoms with E-state index in [4.69, 9.17) is 4.74 Å². The van der Waals surface area contributed by atoms with Crippen molar-refractivity contribution in [2.75, 3.05) is 23.8 Å². The first-order valence-corrected chi connectivity index (χ1v) is 8.66. The van der Waals surface area contributed by atoms with Gasteiger partial charge in [0.1, 0.15) is 5.82 Å². The molecule has 0 saturated carbocycles. The predicted molar refractivity (Wildman–Crippen MR) is 103 cm³/mol. The Morgan fingerprint density at radius 3 is 2.07 bits per heavy atom. The van der Waals surface area contributed by atoms with Crippen molar-refractivity contribution in [2.24, 2.45) is 0 Å². The molecule has 0 aliphatic carbocycles. The molecule has 3 N–H and O–H groups in total. The van der Waals surface area contributed by atoms with E-state index in [1.165, 1.54) is 31.2 Å². The van der Waals surface area contributed by atoms with Crippen molar-refractivity contribution in [1.29, 1.82) is 0 Å². The van der Waals surface area contributed by atoms with Crippen LogP contribution in [0.2, 0.25) is 0 Å². The molecular formula is C20H20FN3O5. The summed E-state index contributed by atoms with van der Waals surface area (Å²) >= 11 is 0. The van der Waals surface area contributed by atoms with Gasteiger partial charge in [0, 0.05) is 18.3 Å². The summed E-state index contributed by atoms with van der Waals surface area (Å²) in [5.74, 6) is -2.37. The van der Waals surface area contributed by atoms with Crippen molar-refractivity contribution in [1.82, 2.24) is 5.32 Å². The maximum Gasteiger partial charge on any atom is 0.310 e. The molecule has 2 aromatic carbocycles. The number of halogens is 1. The zero-order valence-corrected chi connectivity index (χ0v) is 15.7. The number of amides is 3. The summed E-state index contributed by atoms with van der Waals surface area (Å²) in [6.07, 6.45) is -0.0430. The van der Waals surface area contributed by atoms with E-state index in [0.717, 1.165) is 0 Å². The van der Waals surface area contributed by atoms with Crippen molar-refractivity contribution in [3.8, 4) is 0 Å². The number of benzene rings is 2. The zero-order chi connectivity index (χ0) is 21.2. The van der Waals surface area contributed by atoms with Crippen LogP contribution in [-0.2, 0) is 30.3 Å². The van der Waals surface area contributed by atoms with Crippen LogP contribution >= 0.6 is 0 Å². The highest BCUT2D eigenvalue weighted by molar-refractivity contribution is 5.94. The summed E-state index contributed by atoms with van der Waals surface area (Å²) in [4.78, 5) is 46.2. The third-order valence-corrected chi connectivity index (χ3v) is 3.56. The lowest BCUT2D eigenvalue weighted by molar-refractivity contribution is -0.147. The SMILES string of the molecule is CC(=O)Nc1ccc(CC(=O)OCC(=O)NCC(=O)Nc2ccc(F)cc2)cc1. The van der Waals surface area contributed by atoms with Crippen LogP contribution < -0.4 is 16.0 Å². The first-order chi connectivity index (χ1) is 13.8. The van der Waals surface area contributed by atoms with Crippen LogP contribution in [0.25, 0.3) is 0 Å². The number of hydrogen-bond donors (Lipinski definition) is 3. The molecule has 0 heterocycles. The molecule has 0 saturated heterocycles. The van der Waals surface area contributed by atoms with Gasteiger partial charge >= 0.3 is 5.97 Å². The normalized spacial score (nSPS) is 10.0. The molecule has 0 fully saturated rings. The molecule has 2 rings (SSSR count). The lowest BCUT2D eigenvalue weighted by Crippen LogP contribution is -2.35. The second-order valence-electron chi connectivity index (χ2n) is 6.05. The minimum Gasteiger partial charge on any atom is -0.455 e. The lowest BCUT2D eigenvalue weighted by atomic mass is 10.1. The quantitative estimate of drug-likeness (QED) is 0.582.